The molecule has 1 heterocycles. The maximum Gasteiger partial charge on any atom is 0.271 e. The average molecular weight is 443 g/mol. The molecule has 0 fully saturated rings. The first-order chi connectivity index (χ1) is 14.8. The van der Waals surface area contributed by atoms with E-state index in [-0.39, 0.29) is 17.3 Å². The van der Waals surface area contributed by atoms with E-state index in [0.717, 1.165) is 11.1 Å². The van der Waals surface area contributed by atoms with Gasteiger partial charge in [-0.1, -0.05) is 17.8 Å². The second-order valence-corrected chi connectivity index (χ2v) is 7.47. The van der Waals surface area contributed by atoms with Crippen molar-refractivity contribution in [2.24, 2.45) is 7.05 Å². The zero-order valence-corrected chi connectivity index (χ0v) is 18.2. The number of methoxy groups -OCH3 is 2. The van der Waals surface area contributed by atoms with Gasteiger partial charge in [-0.05, 0) is 30.7 Å². The van der Waals surface area contributed by atoms with Crippen LogP contribution in [0.3, 0.4) is 0 Å². The van der Waals surface area contributed by atoms with Gasteiger partial charge in [0.2, 0.25) is 5.91 Å². The predicted octanol–water partition coefficient (Wildman–Crippen LogP) is 3.45. The third-order valence-electron chi connectivity index (χ3n) is 4.52. The Morgan fingerprint density at radius 2 is 1.90 bits per heavy atom. The quantitative estimate of drug-likeness (QED) is 0.319. The van der Waals surface area contributed by atoms with Crippen molar-refractivity contribution in [2.45, 2.75) is 12.1 Å². The molecule has 0 aliphatic carbocycles. The normalized spacial score (nSPS) is 10.6. The van der Waals surface area contributed by atoms with E-state index in [0.29, 0.717) is 28.2 Å². The Bertz CT molecular complexity index is 1130. The summed E-state index contributed by atoms with van der Waals surface area (Å²) < 4.78 is 12.4. The summed E-state index contributed by atoms with van der Waals surface area (Å²) in [5, 5.41) is 22.6. The number of hydrogen-bond acceptors (Lipinski definition) is 8. The number of anilines is 1. The van der Waals surface area contributed by atoms with Gasteiger partial charge >= 0.3 is 0 Å². The maximum absolute atomic E-state index is 12.4. The van der Waals surface area contributed by atoms with E-state index in [9.17, 15) is 14.9 Å². The van der Waals surface area contributed by atoms with Crippen LogP contribution < -0.4 is 14.8 Å². The molecule has 0 radical (unpaired) electrons. The lowest BCUT2D eigenvalue weighted by Crippen LogP contribution is -2.15. The Hall–Kier alpha value is -3.60. The number of thioether (sulfide) groups is 1. The average Bonchev–Trinajstić information content (AvgIpc) is 3.13. The second kappa shape index (κ2) is 9.47. The molecule has 0 saturated carbocycles. The molecule has 0 unspecified atom stereocenters. The molecular formula is C20H21N5O5S. The Balaban J connectivity index is 1.70. The number of nitrogens with zero attached hydrogens (tertiary/aromatic N) is 4. The van der Waals surface area contributed by atoms with Crippen LogP contribution in [-0.4, -0.2) is 45.6 Å². The number of aryl methyl sites for hydroxylation is 1. The van der Waals surface area contributed by atoms with Gasteiger partial charge in [0.15, 0.2) is 22.5 Å². The van der Waals surface area contributed by atoms with Crippen LogP contribution in [0.25, 0.3) is 11.4 Å². The Morgan fingerprint density at radius 3 is 2.58 bits per heavy atom. The summed E-state index contributed by atoms with van der Waals surface area (Å²) in [6.45, 7) is 1.77. The fourth-order valence-electron chi connectivity index (χ4n) is 2.84. The molecule has 162 valence electrons. The van der Waals surface area contributed by atoms with Gasteiger partial charge < -0.3 is 19.4 Å². The first-order valence-corrected chi connectivity index (χ1v) is 10.1. The first kappa shape index (κ1) is 22.1. The zero-order valence-electron chi connectivity index (χ0n) is 17.4. The molecule has 3 aromatic rings. The molecule has 0 spiro atoms. The third-order valence-corrected chi connectivity index (χ3v) is 5.54. The fraction of sp³-hybridized carbons (Fsp3) is 0.250. The summed E-state index contributed by atoms with van der Waals surface area (Å²) in [7, 11) is 4.92. The monoisotopic (exact) mass is 443 g/mol. The van der Waals surface area contributed by atoms with Crippen molar-refractivity contribution in [3.8, 4) is 22.9 Å². The maximum atomic E-state index is 12.4. The van der Waals surface area contributed by atoms with E-state index >= 15 is 0 Å². The lowest BCUT2D eigenvalue weighted by molar-refractivity contribution is -0.384. The van der Waals surface area contributed by atoms with Crippen molar-refractivity contribution in [3.05, 3.63) is 52.1 Å². The number of non-ortho nitro benzene ring substituents is 1. The summed E-state index contributed by atoms with van der Waals surface area (Å²) in [6.07, 6.45) is 0. The summed E-state index contributed by atoms with van der Waals surface area (Å²) in [5.41, 5.74) is 1.85. The number of nitrogens with one attached hydrogen (secondary N) is 1. The summed E-state index contributed by atoms with van der Waals surface area (Å²) >= 11 is 1.21. The molecule has 0 aliphatic rings. The smallest absolute Gasteiger partial charge is 0.271 e. The molecule has 0 bridgehead atoms. The van der Waals surface area contributed by atoms with E-state index < -0.39 is 4.92 Å². The number of nitro groups is 1. The number of aromatic nitrogens is 3. The lowest BCUT2D eigenvalue weighted by atomic mass is 10.2. The van der Waals surface area contributed by atoms with Crippen LogP contribution in [0.15, 0.2) is 41.6 Å². The van der Waals surface area contributed by atoms with E-state index in [1.807, 2.05) is 6.07 Å². The Kier molecular flexibility index (Phi) is 6.75. The van der Waals surface area contributed by atoms with Crippen molar-refractivity contribution in [2.75, 3.05) is 25.3 Å². The van der Waals surface area contributed by atoms with Gasteiger partial charge in [-0.2, -0.15) is 0 Å². The van der Waals surface area contributed by atoms with Gasteiger partial charge in [-0.25, -0.2) is 0 Å². The molecule has 0 aliphatic heterocycles. The summed E-state index contributed by atoms with van der Waals surface area (Å²) in [6, 6.07) is 9.76. The van der Waals surface area contributed by atoms with Crippen LogP contribution in [0.4, 0.5) is 11.4 Å². The standard InChI is InChI=1S/C20H21N5O5S/c1-12-5-7-14(25(27)28)10-15(12)21-18(26)11-31-20-23-22-19(24(20)2)13-6-8-16(29-3)17(9-13)30-4/h5-10H,11H2,1-4H3,(H,21,26). The number of hydrogen-bond donors (Lipinski definition) is 1. The minimum absolute atomic E-state index is 0.0695. The van der Waals surface area contributed by atoms with Gasteiger partial charge in [-0.15, -0.1) is 10.2 Å². The van der Waals surface area contributed by atoms with Gasteiger partial charge in [0, 0.05) is 24.7 Å². The Labute approximate surface area is 182 Å². The highest BCUT2D eigenvalue weighted by Gasteiger charge is 2.16. The molecule has 11 heteroatoms. The summed E-state index contributed by atoms with van der Waals surface area (Å²) in [4.78, 5) is 22.8. The van der Waals surface area contributed by atoms with Crippen molar-refractivity contribution >= 4 is 29.0 Å². The Morgan fingerprint density at radius 1 is 1.16 bits per heavy atom. The number of nitro benzene ring substituents is 1. The number of amides is 1. The van der Waals surface area contributed by atoms with Crippen LogP contribution in [0, 0.1) is 17.0 Å². The third kappa shape index (κ3) is 4.94. The predicted molar refractivity (Wildman–Crippen MR) is 117 cm³/mol. The zero-order chi connectivity index (χ0) is 22.5. The highest BCUT2D eigenvalue weighted by molar-refractivity contribution is 7.99. The van der Waals surface area contributed by atoms with Crippen LogP contribution in [0.5, 0.6) is 11.5 Å². The molecule has 2 aromatic carbocycles. The van der Waals surface area contributed by atoms with E-state index in [2.05, 4.69) is 15.5 Å². The molecule has 0 saturated heterocycles. The number of benzene rings is 2. The van der Waals surface area contributed by atoms with Crippen molar-refractivity contribution in [3.63, 3.8) is 0 Å². The first-order valence-electron chi connectivity index (χ1n) is 9.13. The van der Waals surface area contributed by atoms with Crippen LogP contribution in [0.2, 0.25) is 0 Å². The number of ether oxygens (including phenoxy) is 2. The molecule has 1 amide bonds. The van der Waals surface area contributed by atoms with Crippen molar-refractivity contribution < 1.29 is 19.2 Å². The highest BCUT2D eigenvalue weighted by Crippen LogP contribution is 2.32. The van der Waals surface area contributed by atoms with Crippen molar-refractivity contribution in [1.82, 2.24) is 14.8 Å². The van der Waals surface area contributed by atoms with Crippen LogP contribution in [0.1, 0.15) is 5.56 Å². The van der Waals surface area contributed by atoms with Gasteiger partial charge in [0.25, 0.3) is 5.69 Å². The second-order valence-electron chi connectivity index (χ2n) is 6.53. The molecule has 0 atom stereocenters. The van der Waals surface area contributed by atoms with Gasteiger partial charge in [0.1, 0.15) is 0 Å². The van der Waals surface area contributed by atoms with Crippen LogP contribution in [-0.2, 0) is 11.8 Å². The van der Waals surface area contributed by atoms with E-state index in [1.165, 1.54) is 23.9 Å². The van der Waals surface area contributed by atoms with Crippen LogP contribution >= 0.6 is 11.8 Å². The van der Waals surface area contributed by atoms with Gasteiger partial charge in [0.05, 0.1) is 30.6 Å². The SMILES string of the molecule is COc1ccc(-c2nnc(SCC(=O)Nc3cc([N+](=O)[O-])ccc3C)n2C)cc1OC. The topological polar surface area (TPSA) is 121 Å². The molecule has 1 aromatic heterocycles. The molecule has 10 nitrogen and oxygen atoms in total. The minimum Gasteiger partial charge on any atom is -0.493 e. The number of carbonyl (C=O) groups is 1. The molecular weight excluding hydrogens is 422 g/mol. The lowest BCUT2D eigenvalue weighted by Gasteiger charge is -2.10. The molecule has 31 heavy (non-hydrogen) atoms. The fourth-order valence-corrected chi connectivity index (χ4v) is 3.55. The number of carbonyl (C=O) groups excluding carboxylic acids is 1. The van der Waals surface area contributed by atoms with E-state index in [1.54, 1.807) is 51.0 Å². The summed E-state index contributed by atoms with van der Waals surface area (Å²) in [5.74, 6) is 1.56. The highest BCUT2D eigenvalue weighted by atomic mass is 32.2. The minimum atomic E-state index is -0.501. The van der Waals surface area contributed by atoms with Gasteiger partial charge in [-0.3, -0.25) is 14.9 Å². The number of rotatable bonds is 8. The molecule has 3 rings (SSSR count). The van der Waals surface area contributed by atoms with E-state index in [4.69, 9.17) is 9.47 Å². The molecule has 1 N–H and O–H groups in total. The van der Waals surface area contributed by atoms with Crippen molar-refractivity contribution in [1.29, 1.82) is 0 Å². The largest absolute Gasteiger partial charge is 0.493 e.